The van der Waals surface area contributed by atoms with Crippen LogP contribution in [0.25, 0.3) is 10.8 Å². The van der Waals surface area contributed by atoms with Gasteiger partial charge in [0, 0.05) is 18.0 Å². The fourth-order valence-electron chi connectivity index (χ4n) is 6.87. The number of fused-ring (bicyclic) bond motifs is 2. The number of anilines is 1. The number of likely N-dealkylation sites (tertiary alicyclic amines) is 1. The van der Waals surface area contributed by atoms with Gasteiger partial charge in [-0.05, 0) is 47.7 Å². The number of carbonyl (C=O) groups is 3. The largest absolute Gasteiger partial charge is 0.394 e. The van der Waals surface area contributed by atoms with Crippen molar-refractivity contribution < 1.29 is 19.5 Å². The normalized spacial score (nSPS) is 28.4. The molecule has 0 radical (unpaired) electrons. The highest BCUT2D eigenvalue weighted by Gasteiger charge is 2.74. The Bertz CT molecular complexity index is 1400. The minimum atomic E-state index is -0.794. The third-order valence-electron chi connectivity index (χ3n) is 8.47. The quantitative estimate of drug-likeness (QED) is 0.437. The Morgan fingerprint density at radius 1 is 1.05 bits per heavy atom. The molecule has 2 unspecified atom stereocenters. The monoisotopic (exact) mass is 529 g/mol. The first-order valence-electron chi connectivity index (χ1n) is 13.1. The van der Waals surface area contributed by atoms with Gasteiger partial charge in [0.05, 0.1) is 29.2 Å². The lowest BCUT2D eigenvalue weighted by atomic mass is 9.70. The van der Waals surface area contributed by atoms with Crippen molar-refractivity contribution in [3.8, 4) is 0 Å². The summed E-state index contributed by atoms with van der Waals surface area (Å²) in [7, 11) is 1.60. The number of benzene rings is 3. The molecule has 196 valence electrons. The highest BCUT2D eigenvalue weighted by Crippen LogP contribution is 2.66. The first-order chi connectivity index (χ1) is 18.5. The van der Waals surface area contributed by atoms with E-state index >= 15 is 0 Å². The SMILES string of the molecule is CNC(=O)[C@@H]1[C@@H]2CCC3(S2)C(C(=O)Nc2ccc4ccccc4c2)N([C@@H](CO)Cc2ccccc2)C(=O)[C@H]13. The first kappa shape index (κ1) is 24.9. The summed E-state index contributed by atoms with van der Waals surface area (Å²) in [5.74, 6) is -1.71. The second-order valence-corrected chi connectivity index (χ2v) is 12.1. The van der Waals surface area contributed by atoms with Gasteiger partial charge in [-0.2, -0.15) is 0 Å². The van der Waals surface area contributed by atoms with Crippen molar-refractivity contribution in [2.45, 2.75) is 41.3 Å². The number of carbonyl (C=O) groups excluding carboxylic acids is 3. The molecular formula is C30H31N3O4S. The van der Waals surface area contributed by atoms with Crippen LogP contribution < -0.4 is 10.6 Å². The molecule has 3 aromatic rings. The average molecular weight is 530 g/mol. The third kappa shape index (κ3) is 3.89. The number of hydrogen-bond donors (Lipinski definition) is 3. The maximum absolute atomic E-state index is 14.2. The van der Waals surface area contributed by atoms with Crippen molar-refractivity contribution in [3.05, 3.63) is 78.4 Å². The number of amides is 3. The van der Waals surface area contributed by atoms with E-state index in [1.165, 1.54) is 0 Å². The van der Waals surface area contributed by atoms with Crippen molar-refractivity contribution in [1.82, 2.24) is 10.2 Å². The zero-order valence-corrected chi connectivity index (χ0v) is 22.0. The Kier molecular flexibility index (Phi) is 6.40. The van der Waals surface area contributed by atoms with Crippen LogP contribution in [-0.4, -0.2) is 63.5 Å². The van der Waals surface area contributed by atoms with E-state index in [4.69, 9.17) is 0 Å². The van der Waals surface area contributed by atoms with Gasteiger partial charge in [-0.15, -0.1) is 11.8 Å². The van der Waals surface area contributed by atoms with Crippen LogP contribution >= 0.6 is 11.8 Å². The lowest BCUT2D eigenvalue weighted by Gasteiger charge is -2.37. The lowest BCUT2D eigenvalue weighted by Crippen LogP contribution is -2.55. The highest BCUT2D eigenvalue weighted by atomic mass is 32.2. The smallest absolute Gasteiger partial charge is 0.248 e. The van der Waals surface area contributed by atoms with E-state index in [9.17, 15) is 19.5 Å². The van der Waals surface area contributed by atoms with Crippen molar-refractivity contribution in [3.63, 3.8) is 0 Å². The van der Waals surface area contributed by atoms with Crippen LogP contribution in [0, 0.1) is 11.8 Å². The predicted octanol–water partition coefficient (Wildman–Crippen LogP) is 3.22. The minimum Gasteiger partial charge on any atom is -0.394 e. The molecule has 0 saturated carbocycles. The second kappa shape index (κ2) is 9.75. The molecule has 3 heterocycles. The van der Waals surface area contributed by atoms with E-state index in [1.54, 1.807) is 23.7 Å². The van der Waals surface area contributed by atoms with Gasteiger partial charge in [-0.3, -0.25) is 14.4 Å². The second-order valence-electron chi connectivity index (χ2n) is 10.5. The topological polar surface area (TPSA) is 98.7 Å². The Balaban J connectivity index is 1.39. The molecule has 6 atom stereocenters. The molecule has 3 fully saturated rings. The molecule has 3 aliphatic rings. The van der Waals surface area contributed by atoms with Crippen LogP contribution in [0.15, 0.2) is 72.8 Å². The predicted molar refractivity (Wildman–Crippen MR) is 149 cm³/mol. The Labute approximate surface area is 226 Å². The van der Waals surface area contributed by atoms with E-state index in [-0.39, 0.29) is 29.6 Å². The van der Waals surface area contributed by atoms with Gasteiger partial charge in [-0.25, -0.2) is 0 Å². The van der Waals surface area contributed by atoms with Crippen LogP contribution in [0.4, 0.5) is 5.69 Å². The molecule has 3 amide bonds. The van der Waals surface area contributed by atoms with Gasteiger partial charge >= 0.3 is 0 Å². The maximum Gasteiger partial charge on any atom is 0.248 e. The molecule has 6 rings (SSSR count). The molecule has 0 aliphatic carbocycles. The zero-order chi connectivity index (χ0) is 26.4. The van der Waals surface area contributed by atoms with Gasteiger partial charge in [-0.1, -0.05) is 60.7 Å². The molecule has 3 saturated heterocycles. The summed E-state index contributed by atoms with van der Waals surface area (Å²) in [6.45, 7) is -0.276. The number of thioether (sulfide) groups is 1. The lowest BCUT2D eigenvalue weighted by molar-refractivity contribution is -0.141. The van der Waals surface area contributed by atoms with Crippen LogP contribution in [0.3, 0.4) is 0 Å². The van der Waals surface area contributed by atoms with Gasteiger partial charge in [0.25, 0.3) is 0 Å². The van der Waals surface area contributed by atoms with Crippen LogP contribution in [0.5, 0.6) is 0 Å². The van der Waals surface area contributed by atoms with E-state index in [0.29, 0.717) is 18.5 Å². The number of aliphatic hydroxyl groups excluding tert-OH is 1. The number of nitrogens with zero attached hydrogens (tertiary/aromatic N) is 1. The molecule has 7 nitrogen and oxygen atoms in total. The Morgan fingerprint density at radius 2 is 1.79 bits per heavy atom. The van der Waals surface area contributed by atoms with Crippen molar-refractivity contribution in [1.29, 1.82) is 0 Å². The number of rotatable bonds is 7. The molecule has 38 heavy (non-hydrogen) atoms. The number of hydrogen-bond acceptors (Lipinski definition) is 5. The molecule has 3 N–H and O–H groups in total. The van der Waals surface area contributed by atoms with Crippen molar-refractivity contribution in [2.24, 2.45) is 11.8 Å². The summed E-state index contributed by atoms with van der Waals surface area (Å²) >= 11 is 1.63. The fraction of sp³-hybridized carbons (Fsp3) is 0.367. The zero-order valence-electron chi connectivity index (χ0n) is 21.2. The summed E-state index contributed by atoms with van der Waals surface area (Å²) in [6.07, 6.45) is 1.88. The molecule has 2 bridgehead atoms. The van der Waals surface area contributed by atoms with Crippen molar-refractivity contribution >= 4 is 45.9 Å². The molecule has 0 aromatic heterocycles. The first-order valence-corrected chi connectivity index (χ1v) is 14.0. The summed E-state index contributed by atoms with van der Waals surface area (Å²) in [5.41, 5.74) is 1.63. The van der Waals surface area contributed by atoms with Gasteiger partial charge in [0.2, 0.25) is 17.7 Å². The minimum absolute atomic E-state index is 0.00344. The van der Waals surface area contributed by atoms with E-state index in [0.717, 1.165) is 22.8 Å². The van der Waals surface area contributed by atoms with Gasteiger partial charge < -0.3 is 20.6 Å². The summed E-state index contributed by atoms with van der Waals surface area (Å²) in [5, 5.41) is 18.4. The average Bonchev–Trinajstić information content (AvgIpc) is 3.59. The van der Waals surface area contributed by atoms with Gasteiger partial charge in [0.1, 0.15) is 6.04 Å². The summed E-state index contributed by atoms with van der Waals surface area (Å²) in [6, 6.07) is 22.0. The van der Waals surface area contributed by atoms with E-state index in [1.807, 2.05) is 72.8 Å². The number of nitrogens with one attached hydrogen (secondary N) is 2. The highest BCUT2D eigenvalue weighted by molar-refractivity contribution is 8.02. The van der Waals surface area contributed by atoms with Crippen LogP contribution in [0.1, 0.15) is 18.4 Å². The molecule has 3 aliphatic heterocycles. The number of aliphatic hydroxyl groups is 1. The Morgan fingerprint density at radius 3 is 2.53 bits per heavy atom. The van der Waals surface area contributed by atoms with Gasteiger partial charge in [0.15, 0.2) is 0 Å². The standard InChI is InChI=1S/C30H31N3O4S/c1-31-27(35)24-23-13-14-30(38-23)25(24)29(37)33(22(17-34)15-18-7-3-2-4-8-18)26(30)28(36)32-21-12-11-19-9-5-6-10-20(19)16-21/h2-12,16,22-26,34H,13-15,17H2,1H3,(H,31,35)(H,32,36)/t22-,23+,24-,25+,26?,30?/m1/s1. The van der Waals surface area contributed by atoms with E-state index < -0.39 is 28.7 Å². The molecule has 3 aromatic carbocycles. The van der Waals surface area contributed by atoms with Crippen molar-refractivity contribution in [2.75, 3.05) is 19.0 Å². The summed E-state index contributed by atoms with van der Waals surface area (Å²) in [4.78, 5) is 42.9. The maximum atomic E-state index is 14.2. The molecule has 1 spiro atoms. The van der Waals surface area contributed by atoms with E-state index in [2.05, 4.69) is 10.6 Å². The summed E-state index contributed by atoms with van der Waals surface area (Å²) < 4.78 is -0.704. The molecular weight excluding hydrogens is 498 g/mol. The third-order valence-corrected chi connectivity index (χ3v) is 10.4. The fourth-order valence-corrected chi connectivity index (χ4v) is 9.07. The Hall–Kier alpha value is -3.36. The van der Waals surface area contributed by atoms with Crippen LogP contribution in [0.2, 0.25) is 0 Å². The van der Waals surface area contributed by atoms with Crippen LogP contribution in [-0.2, 0) is 20.8 Å². The molecule has 8 heteroatoms.